The summed E-state index contributed by atoms with van der Waals surface area (Å²) < 4.78 is 12.2. The van der Waals surface area contributed by atoms with Crippen molar-refractivity contribution in [3.05, 3.63) is 0 Å². The van der Waals surface area contributed by atoms with Crippen LogP contribution in [0.5, 0.6) is 0 Å². The molecule has 0 unspecified atom stereocenters. The normalized spacial score (nSPS) is 61.8. The van der Waals surface area contributed by atoms with Crippen LogP contribution in [-0.2, 0) is 19.2 Å². The van der Waals surface area contributed by atoms with Gasteiger partial charge in [-0.05, 0) is 38.0 Å². The first kappa shape index (κ1) is 13.5. The van der Waals surface area contributed by atoms with Gasteiger partial charge in [-0.1, -0.05) is 13.8 Å². The second-order valence-corrected chi connectivity index (χ2v) is 7.37. The van der Waals surface area contributed by atoms with Gasteiger partial charge in [-0.3, -0.25) is 0 Å². The highest BCUT2D eigenvalue weighted by Crippen LogP contribution is 2.60. The van der Waals surface area contributed by atoms with E-state index in [-0.39, 0.29) is 12.1 Å². The van der Waals surface area contributed by atoms with E-state index in [9.17, 15) is 0 Å². The topological polar surface area (TPSA) is 62.9 Å². The van der Waals surface area contributed by atoms with Crippen LogP contribution in [0.3, 0.4) is 0 Å². The lowest BCUT2D eigenvalue weighted by atomic mass is 9.58. The van der Waals surface area contributed by atoms with Crippen LogP contribution >= 0.6 is 0 Å². The van der Waals surface area contributed by atoms with Crippen LogP contribution in [0.1, 0.15) is 46.5 Å². The molecular formula is C15H25NO4. The van der Waals surface area contributed by atoms with Crippen molar-refractivity contribution in [1.82, 2.24) is 0 Å². The minimum Gasteiger partial charge on any atom is -0.331 e. The van der Waals surface area contributed by atoms with Crippen LogP contribution in [0.25, 0.3) is 0 Å². The molecular weight excluding hydrogens is 258 g/mol. The highest BCUT2D eigenvalue weighted by Gasteiger charge is 2.68. The van der Waals surface area contributed by atoms with E-state index in [1.165, 1.54) is 6.42 Å². The highest BCUT2D eigenvalue weighted by molar-refractivity contribution is 5.09. The number of ether oxygens (including phenoxy) is 2. The van der Waals surface area contributed by atoms with E-state index >= 15 is 0 Å². The van der Waals surface area contributed by atoms with Gasteiger partial charge in [0.05, 0.1) is 0 Å². The maximum absolute atomic E-state index is 6.18. The molecule has 5 heteroatoms. The van der Waals surface area contributed by atoms with E-state index in [0.29, 0.717) is 17.8 Å². The van der Waals surface area contributed by atoms with Crippen molar-refractivity contribution >= 4 is 0 Å². The molecule has 20 heavy (non-hydrogen) atoms. The summed E-state index contributed by atoms with van der Waals surface area (Å²) in [5.74, 6) is 0.936. The zero-order valence-electron chi connectivity index (χ0n) is 12.5. The van der Waals surface area contributed by atoms with E-state index in [2.05, 4.69) is 13.8 Å². The lowest BCUT2D eigenvalue weighted by molar-refractivity contribution is -0.570. The molecule has 2 N–H and O–H groups in total. The SMILES string of the molecule is C[C@H]1[C@@H](N)O[C@@H]2O[C@@]3(C)CC[C@H]4[C@H](C)CC[C@@H]1[C@@]24OO3. The molecule has 4 saturated heterocycles. The van der Waals surface area contributed by atoms with Crippen molar-refractivity contribution in [2.24, 2.45) is 29.4 Å². The van der Waals surface area contributed by atoms with Gasteiger partial charge >= 0.3 is 0 Å². The summed E-state index contributed by atoms with van der Waals surface area (Å²) in [4.78, 5) is 11.7. The van der Waals surface area contributed by atoms with E-state index in [4.69, 9.17) is 25.0 Å². The predicted molar refractivity (Wildman–Crippen MR) is 71.0 cm³/mol. The summed E-state index contributed by atoms with van der Waals surface area (Å²) in [6.45, 7) is 6.41. The smallest absolute Gasteiger partial charge is 0.201 e. The molecule has 0 radical (unpaired) electrons. The zero-order chi connectivity index (χ0) is 14.1. The lowest BCUT2D eigenvalue weighted by Crippen LogP contribution is -2.71. The molecule has 4 heterocycles. The monoisotopic (exact) mass is 283 g/mol. The van der Waals surface area contributed by atoms with Gasteiger partial charge in [-0.2, -0.15) is 0 Å². The molecule has 1 aliphatic carbocycles. The fourth-order valence-corrected chi connectivity index (χ4v) is 4.93. The molecule has 8 atom stereocenters. The zero-order valence-corrected chi connectivity index (χ0v) is 12.5. The molecule has 2 bridgehead atoms. The second kappa shape index (κ2) is 4.17. The Labute approximate surface area is 120 Å². The highest BCUT2D eigenvalue weighted by atomic mass is 17.3. The van der Waals surface area contributed by atoms with Gasteiger partial charge in [0.25, 0.3) is 0 Å². The number of fused-ring (bicyclic) bond motifs is 2. The van der Waals surface area contributed by atoms with Gasteiger partial charge in [0.15, 0.2) is 11.9 Å². The standard InChI is InChI=1S/C15H25NO4/c1-8-4-5-11-9(2)12(16)17-13-15(11)10(8)6-7-14(3,18-13)19-20-15/h8-13H,4-7,16H2,1-3H3/t8-,9-,10+,11+,12+,13-,14-,15-/m1/s1. The Morgan fingerprint density at radius 2 is 1.85 bits per heavy atom. The summed E-state index contributed by atoms with van der Waals surface area (Å²) >= 11 is 0. The molecule has 4 aliphatic heterocycles. The van der Waals surface area contributed by atoms with Crippen molar-refractivity contribution in [1.29, 1.82) is 0 Å². The van der Waals surface area contributed by atoms with Crippen molar-refractivity contribution in [2.75, 3.05) is 0 Å². The van der Waals surface area contributed by atoms with Crippen LogP contribution < -0.4 is 5.73 Å². The third-order valence-corrected chi connectivity index (χ3v) is 6.21. The van der Waals surface area contributed by atoms with Crippen molar-refractivity contribution < 1.29 is 19.2 Å². The summed E-state index contributed by atoms with van der Waals surface area (Å²) in [6, 6.07) is 0. The van der Waals surface area contributed by atoms with Crippen LogP contribution in [0.4, 0.5) is 0 Å². The fourth-order valence-electron chi connectivity index (χ4n) is 4.93. The van der Waals surface area contributed by atoms with Gasteiger partial charge in [0.1, 0.15) is 6.23 Å². The van der Waals surface area contributed by atoms with Crippen molar-refractivity contribution in [3.63, 3.8) is 0 Å². The molecule has 5 rings (SSSR count). The van der Waals surface area contributed by atoms with Gasteiger partial charge in [-0.15, -0.1) is 0 Å². The van der Waals surface area contributed by atoms with Gasteiger partial charge in [-0.25, -0.2) is 9.78 Å². The van der Waals surface area contributed by atoms with E-state index in [1.54, 1.807) is 0 Å². The summed E-state index contributed by atoms with van der Waals surface area (Å²) in [5, 5.41) is 0. The van der Waals surface area contributed by atoms with Crippen molar-refractivity contribution in [2.45, 2.75) is 70.4 Å². The van der Waals surface area contributed by atoms with Crippen molar-refractivity contribution in [3.8, 4) is 0 Å². The average Bonchev–Trinajstić information content (AvgIpc) is 2.63. The quantitative estimate of drug-likeness (QED) is 0.690. The Morgan fingerprint density at radius 1 is 1.05 bits per heavy atom. The van der Waals surface area contributed by atoms with Gasteiger partial charge in [0.2, 0.25) is 5.79 Å². The Kier molecular flexibility index (Phi) is 2.81. The second-order valence-electron chi connectivity index (χ2n) is 7.37. The molecule has 0 amide bonds. The molecule has 5 fully saturated rings. The van der Waals surface area contributed by atoms with Crippen LogP contribution in [0.2, 0.25) is 0 Å². The fraction of sp³-hybridized carbons (Fsp3) is 1.00. The molecule has 114 valence electrons. The van der Waals surface area contributed by atoms with E-state index < -0.39 is 17.7 Å². The maximum atomic E-state index is 6.18. The first-order valence-electron chi connectivity index (χ1n) is 7.92. The van der Waals surface area contributed by atoms with Crippen LogP contribution in [0.15, 0.2) is 0 Å². The third kappa shape index (κ3) is 1.56. The summed E-state index contributed by atoms with van der Waals surface area (Å²) in [5.41, 5.74) is 5.71. The molecule has 5 aliphatic rings. The summed E-state index contributed by atoms with van der Waals surface area (Å²) in [7, 11) is 0. The van der Waals surface area contributed by atoms with Crippen LogP contribution in [0, 0.1) is 23.7 Å². The van der Waals surface area contributed by atoms with Gasteiger partial charge < -0.3 is 15.2 Å². The third-order valence-electron chi connectivity index (χ3n) is 6.21. The molecule has 0 aromatic heterocycles. The molecule has 1 spiro atoms. The Balaban J connectivity index is 1.82. The minimum atomic E-state index is -0.697. The first-order chi connectivity index (χ1) is 9.46. The Hall–Kier alpha value is -0.200. The maximum Gasteiger partial charge on any atom is 0.201 e. The van der Waals surface area contributed by atoms with E-state index in [1.807, 2.05) is 6.92 Å². The first-order valence-corrected chi connectivity index (χ1v) is 7.92. The van der Waals surface area contributed by atoms with Crippen LogP contribution in [-0.4, -0.2) is 23.9 Å². The molecule has 0 aromatic rings. The molecule has 5 nitrogen and oxygen atoms in total. The number of hydrogen-bond donors (Lipinski definition) is 1. The number of hydrogen-bond acceptors (Lipinski definition) is 5. The molecule has 0 aromatic carbocycles. The van der Waals surface area contributed by atoms with E-state index in [0.717, 1.165) is 19.3 Å². The Morgan fingerprint density at radius 3 is 2.65 bits per heavy atom. The largest absolute Gasteiger partial charge is 0.331 e. The number of rotatable bonds is 0. The van der Waals surface area contributed by atoms with Gasteiger partial charge in [0, 0.05) is 18.3 Å². The average molecular weight is 283 g/mol. The predicted octanol–water partition coefficient (Wildman–Crippen LogP) is 2.15. The minimum absolute atomic E-state index is 0.260. The number of nitrogens with two attached hydrogens (primary N) is 1. The lowest BCUT2D eigenvalue weighted by Gasteiger charge is -2.60. The molecule has 1 saturated carbocycles. The summed E-state index contributed by atoms with van der Waals surface area (Å²) in [6.07, 6.45) is 3.57. The Bertz CT molecular complexity index is 415.